The van der Waals surface area contributed by atoms with Gasteiger partial charge in [0.2, 0.25) is 0 Å². The molecule has 0 radical (unpaired) electrons. The Hall–Kier alpha value is -3.36. The molecule has 0 spiro atoms. The first-order valence-corrected chi connectivity index (χ1v) is 9.68. The van der Waals surface area contributed by atoms with Gasteiger partial charge in [0, 0.05) is 5.56 Å². The molecule has 30 heavy (non-hydrogen) atoms. The van der Waals surface area contributed by atoms with Crippen molar-refractivity contribution in [2.45, 2.75) is 58.1 Å². The molecule has 2 atom stereocenters. The summed E-state index contributed by atoms with van der Waals surface area (Å²) >= 11 is 0. The van der Waals surface area contributed by atoms with Gasteiger partial charge in [0.1, 0.15) is 17.4 Å². The molecule has 160 valence electrons. The number of rotatable bonds is 7. The lowest BCUT2D eigenvalue weighted by Crippen LogP contribution is -2.47. The summed E-state index contributed by atoms with van der Waals surface area (Å²) in [6.07, 6.45) is 1.27. The van der Waals surface area contributed by atoms with E-state index in [2.05, 4.69) is 5.32 Å². The van der Waals surface area contributed by atoms with Gasteiger partial charge >= 0.3 is 17.6 Å². The number of ether oxygens (including phenoxy) is 1. The van der Waals surface area contributed by atoms with E-state index in [4.69, 9.17) is 19.4 Å². The van der Waals surface area contributed by atoms with Gasteiger partial charge in [-0.25, -0.2) is 9.59 Å². The molecular formula is C21H23NO8. The van der Waals surface area contributed by atoms with Gasteiger partial charge in [0.25, 0.3) is 5.91 Å². The van der Waals surface area contributed by atoms with Gasteiger partial charge in [0.15, 0.2) is 6.10 Å². The monoisotopic (exact) mass is 417 g/mol. The third kappa shape index (κ3) is 4.45. The summed E-state index contributed by atoms with van der Waals surface area (Å²) in [5.41, 5.74) is 2.24. The lowest BCUT2D eigenvalue weighted by atomic mass is 9.90. The van der Waals surface area contributed by atoms with Crippen LogP contribution in [0.3, 0.4) is 0 Å². The number of carboxylic acid groups (broad SMARTS) is 2. The predicted octanol–water partition coefficient (Wildman–Crippen LogP) is 1.79. The van der Waals surface area contributed by atoms with Crippen LogP contribution in [0.1, 0.15) is 42.9 Å². The first-order chi connectivity index (χ1) is 14.2. The van der Waals surface area contributed by atoms with Crippen LogP contribution in [0, 0.1) is 6.92 Å². The van der Waals surface area contributed by atoms with Crippen LogP contribution in [-0.4, -0.2) is 40.2 Å². The maximum Gasteiger partial charge on any atom is 0.339 e. The number of fused-ring (bicyclic) bond motifs is 3. The number of carbonyl (C=O) groups excluding carboxylic acids is 1. The van der Waals surface area contributed by atoms with Crippen LogP contribution in [0.2, 0.25) is 0 Å². The average Bonchev–Trinajstić information content (AvgIpc) is 2.66. The highest BCUT2D eigenvalue weighted by atomic mass is 16.5. The van der Waals surface area contributed by atoms with E-state index in [0.29, 0.717) is 35.1 Å². The van der Waals surface area contributed by atoms with Crippen molar-refractivity contribution in [3.8, 4) is 5.75 Å². The van der Waals surface area contributed by atoms with Gasteiger partial charge in [-0.2, -0.15) is 0 Å². The summed E-state index contributed by atoms with van der Waals surface area (Å²) in [7, 11) is 0. The Kier molecular flexibility index (Phi) is 6.09. The Morgan fingerprint density at radius 3 is 2.47 bits per heavy atom. The van der Waals surface area contributed by atoms with Gasteiger partial charge in [-0.05, 0) is 62.8 Å². The molecule has 0 saturated carbocycles. The summed E-state index contributed by atoms with van der Waals surface area (Å²) in [5, 5.41) is 20.8. The van der Waals surface area contributed by atoms with Crippen molar-refractivity contribution in [1.82, 2.24) is 5.32 Å². The number of amides is 1. The van der Waals surface area contributed by atoms with Crippen molar-refractivity contribution in [2.75, 3.05) is 0 Å². The fraction of sp³-hybridized carbons (Fsp3) is 0.429. The quantitative estimate of drug-likeness (QED) is 0.579. The van der Waals surface area contributed by atoms with Crippen molar-refractivity contribution in [3.05, 3.63) is 39.2 Å². The molecule has 1 amide bonds. The molecule has 1 heterocycles. The smallest absolute Gasteiger partial charge is 0.339 e. The summed E-state index contributed by atoms with van der Waals surface area (Å²) < 4.78 is 11.3. The highest BCUT2D eigenvalue weighted by Crippen LogP contribution is 2.35. The standard InChI is InChI=1S/C21H23NO8/c1-10-7-15(29-11(2)19(25)22-14(20(26)27)9-17(23)24)18-12-5-3-4-6-13(12)21(28)30-16(18)8-10/h7-8,11,14H,3-6,9H2,1-2H3,(H,22,25)(H,23,24)(H,26,27)/t11?,14-/m0/s1. The Morgan fingerprint density at radius 1 is 1.17 bits per heavy atom. The second-order valence-electron chi connectivity index (χ2n) is 7.45. The highest BCUT2D eigenvalue weighted by Gasteiger charge is 2.27. The highest BCUT2D eigenvalue weighted by molar-refractivity contribution is 5.91. The van der Waals surface area contributed by atoms with E-state index in [0.717, 1.165) is 24.0 Å². The molecule has 0 fully saturated rings. The molecule has 3 rings (SSSR count). The maximum absolute atomic E-state index is 12.4. The minimum atomic E-state index is -1.57. The zero-order chi connectivity index (χ0) is 22.0. The zero-order valence-electron chi connectivity index (χ0n) is 16.7. The molecule has 9 nitrogen and oxygen atoms in total. The first-order valence-electron chi connectivity index (χ1n) is 9.68. The summed E-state index contributed by atoms with van der Waals surface area (Å²) in [6.45, 7) is 3.23. The number of aliphatic carboxylic acids is 2. The average molecular weight is 417 g/mol. The van der Waals surface area contributed by atoms with Crippen LogP contribution in [-0.2, 0) is 27.2 Å². The normalized spacial score (nSPS) is 15.1. The summed E-state index contributed by atoms with van der Waals surface area (Å²) in [5.74, 6) is -3.19. The predicted molar refractivity (Wildman–Crippen MR) is 106 cm³/mol. The van der Waals surface area contributed by atoms with Gasteiger partial charge in [0.05, 0.1) is 11.8 Å². The van der Waals surface area contributed by atoms with E-state index in [9.17, 15) is 19.2 Å². The second kappa shape index (κ2) is 8.56. The molecule has 1 unspecified atom stereocenters. The molecule has 2 aromatic rings. The summed E-state index contributed by atoms with van der Waals surface area (Å²) in [6, 6.07) is 1.89. The molecule has 1 aromatic heterocycles. The number of hydrogen-bond donors (Lipinski definition) is 3. The SMILES string of the molecule is Cc1cc(OC(C)C(=O)N[C@@H](CC(=O)O)C(=O)O)c2c3c(c(=O)oc2c1)CCCC3. The van der Waals surface area contributed by atoms with E-state index in [1.165, 1.54) is 6.92 Å². The van der Waals surface area contributed by atoms with E-state index >= 15 is 0 Å². The Balaban J connectivity index is 1.93. The van der Waals surface area contributed by atoms with Crippen LogP contribution in [0.4, 0.5) is 0 Å². The molecule has 0 bridgehead atoms. The molecule has 1 aromatic carbocycles. The minimum Gasteiger partial charge on any atom is -0.481 e. The summed E-state index contributed by atoms with van der Waals surface area (Å²) in [4.78, 5) is 46.8. The molecular weight excluding hydrogens is 394 g/mol. The lowest BCUT2D eigenvalue weighted by Gasteiger charge is -2.21. The molecule has 3 N–H and O–H groups in total. The number of carboxylic acids is 2. The van der Waals surface area contributed by atoms with E-state index in [1.807, 2.05) is 0 Å². The molecule has 1 aliphatic rings. The van der Waals surface area contributed by atoms with E-state index in [-0.39, 0.29) is 5.63 Å². The van der Waals surface area contributed by atoms with Gasteiger partial charge < -0.3 is 24.7 Å². The molecule has 0 aliphatic heterocycles. The maximum atomic E-state index is 12.4. The van der Waals surface area contributed by atoms with E-state index < -0.39 is 36.4 Å². The molecule has 9 heteroatoms. The van der Waals surface area contributed by atoms with Gasteiger partial charge in [-0.1, -0.05) is 0 Å². The Labute approximate surface area is 171 Å². The lowest BCUT2D eigenvalue weighted by molar-refractivity contribution is -0.147. The number of hydrogen-bond acceptors (Lipinski definition) is 6. The fourth-order valence-corrected chi connectivity index (χ4v) is 3.67. The Bertz CT molecular complexity index is 1070. The number of carbonyl (C=O) groups is 3. The third-order valence-corrected chi connectivity index (χ3v) is 5.10. The first kappa shape index (κ1) is 21.4. The number of aryl methyl sites for hydroxylation is 2. The van der Waals surface area contributed by atoms with Crippen LogP contribution >= 0.6 is 0 Å². The Morgan fingerprint density at radius 2 is 1.83 bits per heavy atom. The second-order valence-corrected chi connectivity index (χ2v) is 7.45. The minimum absolute atomic E-state index is 0.361. The fourth-order valence-electron chi connectivity index (χ4n) is 3.67. The van der Waals surface area contributed by atoms with Gasteiger partial charge in [-0.3, -0.25) is 9.59 Å². The topological polar surface area (TPSA) is 143 Å². The third-order valence-electron chi connectivity index (χ3n) is 5.10. The van der Waals surface area contributed by atoms with Crippen LogP contribution in [0.5, 0.6) is 5.75 Å². The van der Waals surface area contributed by atoms with Gasteiger partial charge in [-0.15, -0.1) is 0 Å². The zero-order valence-corrected chi connectivity index (χ0v) is 16.7. The molecule has 0 saturated heterocycles. The van der Waals surface area contributed by atoms with Crippen molar-refractivity contribution < 1.29 is 33.8 Å². The van der Waals surface area contributed by atoms with E-state index in [1.54, 1.807) is 19.1 Å². The van der Waals surface area contributed by atoms with Crippen molar-refractivity contribution in [1.29, 1.82) is 0 Å². The largest absolute Gasteiger partial charge is 0.481 e. The molecule has 1 aliphatic carbocycles. The number of benzene rings is 1. The van der Waals surface area contributed by atoms with Crippen molar-refractivity contribution in [3.63, 3.8) is 0 Å². The van der Waals surface area contributed by atoms with Crippen LogP contribution < -0.4 is 15.7 Å². The number of nitrogens with one attached hydrogen (secondary N) is 1. The van der Waals surface area contributed by atoms with Crippen LogP contribution in [0.25, 0.3) is 11.0 Å². The van der Waals surface area contributed by atoms with Crippen LogP contribution in [0.15, 0.2) is 21.3 Å². The van der Waals surface area contributed by atoms with Crippen molar-refractivity contribution >= 4 is 28.8 Å². The van der Waals surface area contributed by atoms with Crippen molar-refractivity contribution in [2.24, 2.45) is 0 Å².